The van der Waals surface area contributed by atoms with Crippen LogP contribution in [0.15, 0.2) is 128 Å². The van der Waals surface area contributed by atoms with Gasteiger partial charge in [-0.15, -0.1) is 0 Å². The molecule has 0 aliphatic heterocycles. The summed E-state index contributed by atoms with van der Waals surface area (Å²) in [6.07, 6.45) is 7.00. The number of pyridine rings is 1. The fraction of sp³-hybridized carbons (Fsp3) is 0.0294. The number of benzene rings is 4. The average molecular weight is 526 g/mol. The Bertz CT molecular complexity index is 1720. The lowest BCUT2D eigenvalue weighted by atomic mass is 9.77. The minimum atomic E-state index is -1.21. The maximum Gasteiger partial charge on any atom is 0.335 e. The van der Waals surface area contributed by atoms with E-state index in [-0.39, 0.29) is 11.1 Å². The van der Waals surface area contributed by atoms with E-state index in [2.05, 4.69) is 4.98 Å². The van der Waals surface area contributed by atoms with E-state index in [1.54, 1.807) is 23.2 Å². The predicted molar refractivity (Wildman–Crippen MR) is 154 cm³/mol. The van der Waals surface area contributed by atoms with Gasteiger partial charge in [0, 0.05) is 17.8 Å². The Hall–Kier alpha value is -5.36. The average Bonchev–Trinajstić information content (AvgIpc) is 3.38. The highest BCUT2D eigenvalue weighted by atomic mass is 19.1. The normalized spacial score (nSPS) is 11.7. The molecule has 0 saturated heterocycles. The lowest BCUT2D eigenvalue weighted by Gasteiger charge is -2.37. The molecule has 0 aliphatic rings. The van der Waals surface area contributed by atoms with E-state index >= 15 is 4.39 Å². The molecule has 6 aromatic rings. The summed E-state index contributed by atoms with van der Waals surface area (Å²) in [5.41, 5.74) is 2.88. The van der Waals surface area contributed by atoms with Crippen LogP contribution in [0, 0.1) is 5.82 Å². The number of hydrogen-bond acceptors (Lipinski definition) is 3. The van der Waals surface area contributed by atoms with Gasteiger partial charge >= 0.3 is 5.97 Å². The number of aromatic carboxylic acids is 1. The van der Waals surface area contributed by atoms with Gasteiger partial charge in [0.05, 0.1) is 11.3 Å². The molecule has 6 heteroatoms. The van der Waals surface area contributed by atoms with E-state index in [9.17, 15) is 9.90 Å². The van der Waals surface area contributed by atoms with Crippen LogP contribution in [0.4, 0.5) is 4.39 Å². The fourth-order valence-electron chi connectivity index (χ4n) is 5.27. The maximum atomic E-state index is 16.2. The summed E-state index contributed by atoms with van der Waals surface area (Å²) >= 11 is 0. The van der Waals surface area contributed by atoms with Crippen LogP contribution in [0.1, 0.15) is 38.3 Å². The van der Waals surface area contributed by atoms with Crippen molar-refractivity contribution in [3.63, 3.8) is 0 Å². The van der Waals surface area contributed by atoms with Crippen molar-refractivity contribution in [1.29, 1.82) is 0 Å². The van der Waals surface area contributed by atoms with Crippen LogP contribution >= 0.6 is 0 Å². The van der Waals surface area contributed by atoms with Crippen molar-refractivity contribution in [3.05, 3.63) is 167 Å². The molecule has 0 aliphatic carbocycles. The third-order valence-corrected chi connectivity index (χ3v) is 7.02. The highest BCUT2D eigenvalue weighted by molar-refractivity contribution is 5.97. The van der Waals surface area contributed by atoms with Gasteiger partial charge in [-0.05, 0) is 46.5 Å². The summed E-state index contributed by atoms with van der Waals surface area (Å²) in [5, 5.41) is 15.2. The maximum absolute atomic E-state index is 16.2. The number of carboxylic acids is 1. The molecule has 40 heavy (non-hydrogen) atoms. The molecule has 0 amide bonds. The van der Waals surface area contributed by atoms with Crippen LogP contribution in [-0.2, 0) is 5.54 Å². The van der Waals surface area contributed by atoms with Crippen molar-refractivity contribution in [3.8, 4) is 0 Å². The smallest absolute Gasteiger partial charge is 0.335 e. The zero-order chi connectivity index (χ0) is 27.5. The molecule has 2 aromatic heterocycles. The van der Waals surface area contributed by atoms with Crippen LogP contribution in [-0.4, -0.2) is 25.8 Å². The molecule has 4 aromatic carbocycles. The molecule has 0 saturated carbocycles. The van der Waals surface area contributed by atoms with Crippen LogP contribution in [0.25, 0.3) is 23.1 Å². The Morgan fingerprint density at radius 2 is 1.35 bits per heavy atom. The van der Waals surface area contributed by atoms with E-state index in [0.717, 1.165) is 28.3 Å². The first-order valence-electron chi connectivity index (χ1n) is 12.8. The van der Waals surface area contributed by atoms with E-state index in [1.165, 1.54) is 6.07 Å². The molecule has 0 unspecified atom stereocenters. The first-order chi connectivity index (χ1) is 19.6. The molecule has 194 valence electrons. The number of aromatic nitrogens is 3. The molecule has 2 heterocycles. The summed E-state index contributed by atoms with van der Waals surface area (Å²) in [7, 11) is 0. The van der Waals surface area contributed by atoms with E-state index in [4.69, 9.17) is 5.10 Å². The minimum absolute atomic E-state index is 0.148. The molecular formula is C34H24FN3O2. The first kappa shape index (κ1) is 24.9. The molecule has 0 bridgehead atoms. The van der Waals surface area contributed by atoms with Crippen molar-refractivity contribution in [1.82, 2.24) is 14.8 Å². The number of hydrogen-bond donors (Lipinski definition) is 1. The number of rotatable bonds is 7. The Labute approximate surface area is 230 Å². The third-order valence-electron chi connectivity index (χ3n) is 7.02. The van der Waals surface area contributed by atoms with Crippen molar-refractivity contribution in [2.24, 2.45) is 0 Å². The number of halogens is 1. The van der Waals surface area contributed by atoms with Crippen LogP contribution in [0.2, 0.25) is 0 Å². The lowest BCUT2D eigenvalue weighted by Crippen LogP contribution is -2.38. The summed E-state index contributed by atoms with van der Waals surface area (Å²) < 4.78 is 17.9. The fourth-order valence-corrected chi connectivity index (χ4v) is 5.27. The molecule has 5 nitrogen and oxygen atoms in total. The standard InChI is InChI=1S/C34H24FN3O2/c35-30-22-25(33(39)40)21-29-31(19-18-24-11-10-20-36-23-24)37-38(32(29)30)34(26-12-4-1-5-13-26,27-14-6-2-7-15-27)28-16-8-3-9-17-28/h1-23H,(H,39,40). The van der Waals surface area contributed by atoms with Gasteiger partial charge in [-0.25, -0.2) is 13.9 Å². The third kappa shape index (κ3) is 4.25. The summed E-state index contributed by atoms with van der Waals surface area (Å²) in [6, 6.07) is 35.8. The predicted octanol–water partition coefficient (Wildman–Crippen LogP) is 7.28. The van der Waals surface area contributed by atoms with Crippen molar-refractivity contribution < 1.29 is 14.3 Å². The number of carboxylic acid groups (broad SMARTS) is 1. The molecule has 1 N–H and O–H groups in total. The summed E-state index contributed by atoms with van der Waals surface area (Å²) in [6.45, 7) is 0. The highest BCUT2D eigenvalue weighted by Crippen LogP contribution is 2.43. The quantitative estimate of drug-likeness (QED) is 0.223. The van der Waals surface area contributed by atoms with Gasteiger partial charge in [-0.3, -0.25) is 4.98 Å². The molecule has 0 fully saturated rings. The monoisotopic (exact) mass is 525 g/mol. The second kappa shape index (κ2) is 10.4. The SMILES string of the molecule is O=C(O)c1cc(F)c2c(c1)c(C=Cc1cccnc1)nn2C(c1ccccc1)(c1ccccc1)c1ccccc1. The largest absolute Gasteiger partial charge is 0.478 e. The molecular weight excluding hydrogens is 501 g/mol. The Kier molecular flexibility index (Phi) is 6.50. The summed E-state index contributed by atoms with van der Waals surface area (Å²) in [4.78, 5) is 16.1. The Morgan fingerprint density at radius 3 is 1.85 bits per heavy atom. The first-order valence-corrected chi connectivity index (χ1v) is 12.8. The van der Waals surface area contributed by atoms with E-state index in [1.807, 2.05) is 109 Å². The van der Waals surface area contributed by atoms with Crippen molar-refractivity contribution in [2.45, 2.75) is 5.54 Å². The van der Waals surface area contributed by atoms with E-state index in [0.29, 0.717) is 11.1 Å². The van der Waals surface area contributed by atoms with Gasteiger partial charge in [0.25, 0.3) is 0 Å². The van der Waals surface area contributed by atoms with Gasteiger partial charge < -0.3 is 5.11 Å². The lowest BCUT2D eigenvalue weighted by molar-refractivity contribution is 0.0696. The molecule has 0 atom stereocenters. The number of fused-ring (bicyclic) bond motifs is 1. The van der Waals surface area contributed by atoms with Gasteiger partial charge in [0.15, 0.2) is 0 Å². The van der Waals surface area contributed by atoms with Crippen LogP contribution in [0.3, 0.4) is 0 Å². The zero-order valence-electron chi connectivity index (χ0n) is 21.4. The van der Waals surface area contributed by atoms with Gasteiger partial charge in [-0.1, -0.05) is 103 Å². The second-order valence-electron chi connectivity index (χ2n) is 9.38. The van der Waals surface area contributed by atoms with Gasteiger partial charge in [0.2, 0.25) is 0 Å². The molecule has 0 spiro atoms. The Balaban J connectivity index is 1.76. The summed E-state index contributed by atoms with van der Waals surface area (Å²) in [5.74, 6) is -1.88. The van der Waals surface area contributed by atoms with Gasteiger partial charge in [-0.2, -0.15) is 5.10 Å². The van der Waals surface area contributed by atoms with Crippen molar-refractivity contribution >= 4 is 29.0 Å². The van der Waals surface area contributed by atoms with Crippen LogP contribution in [0.5, 0.6) is 0 Å². The van der Waals surface area contributed by atoms with E-state index < -0.39 is 17.3 Å². The van der Waals surface area contributed by atoms with Crippen molar-refractivity contribution in [2.75, 3.05) is 0 Å². The van der Waals surface area contributed by atoms with Crippen LogP contribution < -0.4 is 0 Å². The zero-order valence-corrected chi connectivity index (χ0v) is 21.4. The number of nitrogens with zero attached hydrogens (tertiary/aromatic N) is 3. The topological polar surface area (TPSA) is 68.0 Å². The second-order valence-corrected chi connectivity index (χ2v) is 9.38. The number of carbonyl (C=O) groups is 1. The van der Waals surface area contributed by atoms with Gasteiger partial charge in [0.1, 0.15) is 16.9 Å². The minimum Gasteiger partial charge on any atom is -0.478 e. The molecule has 6 rings (SSSR count). The molecule has 0 radical (unpaired) electrons. The highest BCUT2D eigenvalue weighted by Gasteiger charge is 2.41. The Morgan fingerprint density at radius 1 is 0.775 bits per heavy atom.